The maximum atomic E-state index is 9.81. The second-order valence-electron chi connectivity index (χ2n) is 7.04. The molecule has 1 aromatic heterocycles. The van der Waals surface area contributed by atoms with Gasteiger partial charge in [-0.1, -0.05) is 30.3 Å². The predicted molar refractivity (Wildman–Crippen MR) is 117 cm³/mol. The number of methoxy groups -OCH3 is 2. The van der Waals surface area contributed by atoms with E-state index in [1.807, 2.05) is 48.5 Å². The third-order valence-corrected chi connectivity index (χ3v) is 5.09. The fraction of sp³-hybridized carbons (Fsp3) is 0.120. The lowest BCUT2D eigenvalue weighted by atomic mass is 9.99. The highest BCUT2D eigenvalue weighted by Crippen LogP contribution is 2.35. The minimum absolute atomic E-state index is 0.120. The van der Waals surface area contributed by atoms with Crippen LogP contribution in [0.25, 0.3) is 22.3 Å². The molecule has 152 valence electrons. The first-order chi connectivity index (χ1) is 14.6. The van der Waals surface area contributed by atoms with E-state index in [4.69, 9.17) is 9.47 Å². The molecule has 0 bridgehead atoms. The Labute approximate surface area is 175 Å². The fourth-order valence-electron chi connectivity index (χ4n) is 3.48. The molecule has 30 heavy (non-hydrogen) atoms. The number of nitrogens with zero attached hydrogens (tertiary/aromatic N) is 1. The molecule has 4 aromatic rings. The Balaban J connectivity index is 1.76. The summed E-state index contributed by atoms with van der Waals surface area (Å²) in [4.78, 5) is 0. The summed E-state index contributed by atoms with van der Waals surface area (Å²) in [7, 11) is 3.31. The maximum Gasteiger partial charge on any atom is 0.157 e. The molecule has 0 aliphatic carbocycles. The summed E-state index contributed by atoms with van der Waals surface area (Å²) in [5.41, 5.74) is 5.22. The Morgan fingerprint density at radius 1 is 0.667 bits per heavy atom. The Bertz CT molecular complexity index is 1080. The lowest BCUT2D eigenvalue weighted by Crippen LogP contribution is -1.95. The molecule has 0 saturated heterocycles. The highest BCUT2D eigenvalue weighted by atomic mass is 16.5. The van der Waals surface area contributed by atoms with Gasteiger partial charge in [-0.05, 0) is 53.1 Å². The summed E-state index contributed by atoms with van der Waals surface area (Å²) in [6.07, 6.45) is 4.18. The van der Waals surface area contributed by atoms with Crippen LogP contribution in [0.3, 0.4) is 0 Å². The van der Waals surface area contributed by atoms with Gasteiger partial charge in [0.1, 0.15) is 11.5 Å². The van der Waals surface area contributed by atoms with Crippen LogP contribution in [0.15, 0.2) is 79.1 Å². The second-order valence-corrected chi connectivity index (χ2v) is 7.04. The van der Waals surface area contributed by atoms with Crippen molar-refractivity contribution in [2.45, 2.75) is 6.54 Å². The van der Waals surface area contributed by atoms with E-state index in [1.54, 1.807) is 26.4 Å². The van der Waals surface area contributed by atoms with Crippen molar-refractivity contribution in [1.29, 1.82) is 0 Å². The monoisotopic (exact) mass is 401 g/mol. The van der Waals surface area contributed by atoms with E-state index in [-0.39, 0.29) is 11.5 Å². The van der Waals surface area contributed by atoms with Crippen LogP contribution in [-0.2, 0) is 6.54 Å². The van der Waals surface area contributed by atoms with Crippen molar-refractivity contribution in [3.8, 4) is 45.3 Å². The van der Waals surface area contributed by atoms with E-state index in [1.165, 1.54) is 6.07 Å². The van der Waals surface area contributed by atoms with E-state index in [9.17, 15) is 10.2 Å². The van der Waals surface area contributed by atoms with Gasteiger partial charge in [-0.25, -0.2) is 0 Å². The lowest BCUT2D eigenvalue weighted by Gasteiger charge is -2.07. The Hall–Kier alpha value is -3.86. The number of aromatic hydroxyl groups is 2. The maximum absolute atomic E-state index is 9.81. The van der Waals surface area contributed by atoms with Gasteiger partial charge in [0.15, 0.2) is 11.5 Å². The number of rotatable bonds is 6. The number of benzene rings is 3. The van der Waals surface area contributed by atoms with Crippen molar-refractivity contribution in [3.05, 3.63) is 84.7 Å². The van der Waals surface area contributed by atoms with Crippen molar-refractivity contribution in [2.75, 3.05) is 14.2 Å². The van der Waals surface area contributed by atoms with E-state index < -0.39 is 0 Å². The lowest BCUT2D eigenvalue weighted by molar-refractivity contribution is 0.403. The van der Waals surface area contributed by atoms with Crippen LogP contribution in [0.5, 0.6) is 23.0 Å². The Morgan fingerprint density at radius 2 is 1.17 bits per heavy atom. The molecule has 0 atom stereocenters. The van der Waals surface area contributed by atoms with Crippen LogP contribution >= 0.6 is 0 Å². The van der Waals surface area contributed by atoms with Crippen LogP contribution in [0.2, 0.25) is 0 Å². The molecule has 0 unspecified atom stereocenters. The van der Waals surface area contributed by atoms with Gasteiger partial charge in [-0.3, -0.25) is 0 Å². The molecule has 0 amide bonds. The molecular weight excluding hydrogens is 378 g/mol. The van der Waals surface area contributed by atoms with Crippen molar-refractivity contribution in [3.63, 3.8) is 0 Å². The van der Waals surface area contributed by atoms with Crippen LogP contribution in [0, 0.1) is 0 Å². The molecule has 2 N–H and O–H groups in total. The normalized spacial score (nSPS) is 10.7. The zero-order valence-electron chi connectivity index (χ0n) is 16.9. The molecule has 4 rings (SSSR count). The molecule has 0 spiro atoms. The summed E-state index contributed by atoms with van der Waals surface area (Å²) < 4.78 is 12.6. The molecular formula is C25H23NO4. The minimum Gasteiger partial charge on any atom is -0.504 e. The van der Waals surface area contributed by atoms with Gasteiger partial charge in [0.2, 0.25) is 0 Å². The average molecular weight is 401 g/mol. The van der Waals surface area contributed by atoms with Crippen LogP contribution in [0.4, 0.5) is 0 Å². The molecule has 5 nitrogen and oxygen atoms in total. The number of hydrogen-bond acceptors (Lipinski definition) is 4. The van der Waals surface area contributed by atoms with Crippen LogP contribution < -0.4 is 9.47 Å². The Morgan fingerprint density at radius 3 is 1.60 bits per heavy atom. The average Bonchev–Trinajstić information content (AvgIpc) is 3.20. The second kappa shape index (κ2) is 8.25. The summed E-state index contributed by atoms with van der Waals surface area (Å²) >= 11 is 0. The van der Waals surface area contributed by atoms with Crippen molar-refractivity contribution in [2.24, 2.45) is 0 Å². The van der Waals surface area contributed by atoms with Gasteiger partial charge in [-0.15, -0.1) is 0 Å². The van der Waals surface area contributed by atoms with E-state index in [2.05, 4.69) is 17.0 Å². The van der Waals surface area contributed by atoms with Crippen LogP contribution in [-0.4, -0.2) is 29.0 Å². The number of hydrogen-bond donors (Lipinski definition) is 2. The zero-order chi connectivity index (χ0) is 21.1. The number of ether oxygens (including phenoxy) is 2. The largest absolute Gasteiger partial charge is 0.504 e. The summed E-state index contributed by atoms with van der Waals surface area (Å²) in [6.45, 7) is 0.563. The van der Waals surface area contributed by atoms with Gasteiger partial charge in [0.05, 0.1) is 14.2 Å². The van der Waals surface area contributed by atoms with Gasteiger partial charge >= 0.3 is 0 Å². The molecule has 0 aliphatic heterocycles. The molecule has 1 heterocycles. The predicted octanol–water partition coefficient (Wildman–Crippen LogP) is 5.30. The fourth-order valence-corrected chi connectivity index (χ4v) is 3.48. The highest BCUT2D eigenvalue weighted by Gasteiger charge is 2.13. The first kappa shape index (κ1) is 19.5. The summed E-state index contributed by atoms with van der Waals surface area (Å²) in [6, 6.07) is 20.8. The van der Waals surface area contributed by atoms with E-state index in [0.29, 0.717) is 6.54 Å². The number of aromatic nitrogens is 1. The third-order valence-electron chi connectivity index (χ3n) is 5.09. The number of phenols is 2. The molecule has 0 aliphatic rings. The smallest absolute Gasteiger partial charge is 0.157 e. The van der Waals surface area contributed by atoms with Crippen molar-refractivity contribution < 1.29 is 19.7 Å². The van der Waals surface area contributed by atoms with Crippen LogP contribution in [0.1, 0.15) is 5.56 Å². The van der Waals surface area contributed by atoms with E-state index >= 15 is 0 Å². The first-order valence-corrected chi connectivity index (χ1v) is 9.57. The first-order valence-electron chi connectivity index (χ1n) is 9.57. The van der Waals surface area contributed by atoms with Gasteiger partial charge in [-0.2, -0.15) is 0 Å². The SMILES string of the molecule is COc1ccc(-c2cn(Cc3ccc(O)c(O)c3)cc2-c2ccc(OC)cc2)cc1. The summed E-state index contributed by atoms with van der Waals surface area (Å²) in [5, 5.41) is 19.4. The van der Waals surface area contributed by atoms with Gasteiger partial charge in [0, 0.05) is 30.1 Å². The molecule has 3 aromatic carbocycles. The third kappa shape index (κ3) is 3.96. The molecule has 5 heteroatoms. The highest BCUT2D eigenvalue weighted by molar-refractivity contribution is 5.83. The van der Waals surface area contributed by atoms with Gasteiger partial charge in [0.25, 0.3) is 0 Å². The van der Waals surface area contributed by atoms with Crippen molar-refractivity contribution in [1.82, 2.24) is 4.57 Å². The molecule has 0 saturated carbocycles. The molecule has 0 fully saturated rings. The molecule has 0 radical (unpaired) electrons. The standard InChI is InChI=1S/C25H23NO4/c1-29-20-8-4-18(5-9-20)22-15-26(14-17-3-12-24(27)25(28)13-17)16-23(22)19-6-10-21(30-2)11-7-19/h3-13,15-16,27-28H,14H2,1-2H3. The van der Waals surface area contributed by atoms with Gasteiger partial charge < -0.3 is 24.3 Å². The zero-order valence-corrected chi connectivity index (χ0v) is 16.9. The quantitative estimate of drug-likeness (QED) is 0.431. The Kier molecular flexibility index (Phi) is 5.35. The number of phenolic OH excluding ortho intramolecular Hbond substituents is 2. The minimum atomic E-state index is -0.121. The van der Waals surface area contributed by atoms with E-state index in [0.717, 1.165) is 39.3 Å². The summed E-state index contributed by atoms with van der Waals surface area (Å²) in [5.74, 6) is 1.38. The topological polar surface area (TPSA) is 63.9 Å². The van der Waals surface area contributed by atoms with Crippen molar-refractivity contribution >= 4 is 0 Å².